The van der Waals surface area contributed by atoms with E-state index in [4.69, 9.17) is 5.73 Å². The van der Waals surface area contributed by atoms with Crippen molar-refractivity contribution in [2.45, 2.75) is 32.9 Å². The lowest BCUT2D eigenvalue weighted by atomic mass is 10.3. The van der Waals surface area contributed by atoms with Gasteiger partial charge in [-0.05, 0) is 13.3 Å². The summed E-state index contributed by atoms with van der Waals surface area (Å²) < 4.78 is 24.8. The van der Waals surface area contributed by atoms with Crippen molar-refractivity contribution in [2.75, 3.05) is 23.1 Å². The monoisotopic (exact) mass is 318 g/mol. The zero-order valence-corrected chi connectivity index (χ0v) is 13.5. The van der Waals surface area contributed by atoms with Crippen molar-refractivity contribution in [2.24, 2.45) is 7.05 Å². The average molecular weight is 318 g/mol. The number of rotatable bonds is 6. The van der Waals surface area contributed by atoms with Crippen LogP contribution >= 0.6 is 0 Å². The van der Waals surface area contributed by atoms with Gasteiger partial charge in [0.25, 0.3) is 5.56 Å². The number of hydrogen-bond donors (Lipinski definition) is 2. The molecule has 3 N–H and O–H groups in total. The highest BCUT2D eigenvalue weighted by atomic mass is 32.2. The molecule has 1 heterocycles. The Balaban J connectivity index is 3.30. The van der Waals surface area contributed by atoms with Crippen LogP contribution in [-0.2, 0) is 23.4 Å². The first-order valence-electron chi connectivity index (χ1n) is 6.62. The summed E-state index contributed by atoms with van der Waals surface area (Å²) in [6, 6.07) is -0.498. The standard InChI is InChI=1S/C12H22N4O4S/c1-5-6-16-10(13)9(11(17)15(3)12(16)18)14-8(2)7-21(4,19)20/h8,14H,5-7,13H2,1-4H3. The number of nitrogens with one attached hydrogen (secondary N) is 1. The fourth-order valence-corrected chi connectivity index (χ4v) is 3.09. The number of sulfone groups is 1. The van der Waals surface area contributed by atoms with Crippen LogP contribution in [0.15, 0.2) is 9.59 Å². The maximum atomic E-state index is 12.1. The first-order valence-corrected chi connectivity index (χ1v) is 8.68. The van der Waals surface area contributed by atoms with E-state index in [9.17, 15) is 18.0 Å². The van der Waals surface area contributed by atoms with Gasteiger partial charge in [-0.3, -0.25) is 13.9 Å². The molecular weight excluding hydrogens is 296 g/mol. The van der Waals surface area contributed by atoms with Crippen LogP contribution in [0.2, 0.25) is 0 Å². The molecule has 0 radical (unpaired) electrons. The molecular formula is C12H22N4O4S. The molecule has 0 aliphatic rings. The van der Waals surface area contributed by atoms with Gasteiger partial charge in [0.2, 0.25) is 0 Å². The molecule has 0 fully saturated rings. The highest BCUT2D eigenvalue weighted by Crippen LogP contribution is 2.13. The Bertz CT molecular complexity index is 733. The Morgan fingerprint density at radius 2 is 1.90 bits per heavy atom. The Morgan fingerprint density at radius 1 is 1.33 bits per heavy atom. The quantitative estimate of drug-likeness (QED) is 0.722. The van der Waals surface area contributed by atoms with Gasteiger partial charge in [-0.25, -0.2) is 13.2 Å². The maximum absolute atomic E-state index is 12.1. The van der Waals surface area contributed by atoms with Gasteiger partial charge in [0.15, 0.2) is 0 Å². The Morgan fingerprint density at radius 3 is 2.38 bits per heavy atom. The van der Waals surface area contributed by atoms with Gasteiger partial charge in [0, 0.05) is 25.9 Å². The SMILES string of the molecule is CCCn1c(N)c(NC(C)CS(C)(=O)=O)c(=O)n(C)c1=O. The van der Waals surface area contributed by atoms with Crippen LogP contribution in [0.1, 0.15) is 20.3 Å². The Kier molecular flexibility index (Phi) is 5.21. The summed E-state index contributed by atoms with van der Waals surface area (Å²) >= 11 is 0. The number of nitrogen functional groups attached to an aromatic ring is 1. The molecule has 1 atom stereocenters. The van der Waals surface area contributed by atoms with E-state index in [1.807, 2.05) is 6.92 Å². The summed E-state index contributed by atoms with van der Waals surface area (Å²) in [6.07, 6.45) is 1.80. The van der Waals surface area contributed by atoms with Crippen molar-refractivity contribution in [3.05, 3.63) is 20.8 Å². The second-order valence-corrected chi connectivity index (χ2v) is 7.38. The Labute approximate surface area is 123 Å². The second-order valence-electron chi connectivity index (χ2n) is 5.20. The zero-order valence-electron chi connectivity index (χ0n) is 12.7. The Hall–Kier alpha value is -1.77. The van der Waals surface area contributed by atoms with Crippen molar-refractivity contribution in [3.63, 3.8) is 0 Å². The lowest BCUT2D eigenvalue weighted by molar-refractivity contribution is 0.594. The molecule has 0 amide bonds. The molecule has 8 nitrogen and oxygen atoms in total. The minimum Gasteiger partial charge on any atom is -0.383 e. The molecule has 0 aliphatic heterocycles. The third-order valence-corrected chi connectivity index (χ3v) is 4.08. The van der Waals surface area contributed by atoms with Crippen LogP contribution in [-0.4, -0.2) is 35.6 Å². The molecule has 0 spiro atoms. The third-order valence-electron chi connectivity index (χ3n) is 2.97. The fraction of sp³-hybridized carbons (Fsp3) is 0.667. The van der Waals surface area contributed by atoms with E-state index in [0.29, 0.717) is 13.0 Å². The van der Waals surface area contributed by atoms with Gasteiger partial charge in [-0.2, -0.15) is 0 Å². The third kappa shape index (κ3) is 4.10. The largest absolute Gasteiger partial charge is 0.383 e. The molecule has 9 heteroatoms. The van der Waals surface area contributed by atoms with E-state index in [-0.39, 0.29) is 17.3 Å². The van der Waals surface area contributed by atoms with Crippen LogP contribution in [0, 0.1) is 0 Å². The van der Waals surface area contributed by atoms with Gasteiger partial charge in [0.1, 0.15) is 21.3 Å². The van der Waals surface area contributed by atoms with E-state index in [2.05, 4.69) is 5.32 Å². The molecule has 0 bridgehead atoms. The van der Waals surface area contributed by atoms with Crippen molar-refractivity contribution < 1.29 is 8.42 Å². The molecule has 0 aromatic carbocycles. The first kappa shape index (κ1) is 17.3. The number of aromatic nitrogens is 2. The lowest BCUT2D eigenvalue weighted by Gasteiger charge is -2.19. The van der Waals surface area contributed by atoms with Gasteiger partial charge in [-0.15, -0.1) is 0 Å². The summed E-state index contributed by atoms with van der Waals surface area (Å²) in [6.45, 7) is 3.90. The van der Waals surface area contributed by atoms with Crippen LogP contribution in [0.5, 0.6) is 0 Å². The molecule has 1 aromatic heterocycles. The van der Waals surface area contributed by atoms with E-state index in [1.54, 1.807) is 6.92 Å². The molecule has 0 aliphatic carbocycles. The fourth-order valence-electron chi connectivity index (χ4n) is 2.10. The van der Waals surface area contributed by atoms with E-state index in [0.717, 1.165) is 10.8 Å². The minimum atomic E-state index is -3.19. The summed E-state index contributed by atoms with van der Waals surface area (Å²) in [5.74, 6) is -0.104. The molecule has 21 heavy (non-hydrogen) atoms. The first-order chi connectivity index (χ1) is 9.58. The van der Waals surface area contributed by atoms with Gasteiger partial charge in [0.05, 0.1) is 5.75 Å². The van der Waals surface area contributed by atoms with Crippen molar-refractivity contribution >= 4 is 21.3 Å². The topological polar surface area (TPSA) is 116 Å². The van der Waals surface area contributed by atoms with Crippen LogP contribution in [0.25, 0.3) is 0 Å². The summed E-state index contributed by atoms with van der Waals surface area (Å²) in [5.41, 5.74) is 4.90. The number of hydrogen-bond acceptors (Lipinski definition) is 6. The predicted octanol–water partition coefficient (Wildman–Crippen LogP) is -0.616. The average Bonchev–Trinajstić information content (AvgIpc) is 2.35. The molecule has 120 valence electrons. The smallest absolute Gasteiger partial charge is 0.332 e. The van der Waals surface area contributed by atoms with Crippen molar-refractivity contribution in [1.29, 1.82) is 0 Å². The molecule has 1 aromatic rings. The normalized spacial score (nSPS) is 13.1. The number of anilines is 2. The van der Waals surface area contributed by atoms with E-state index >= 15 is 0 Å². The number of nitrogens with zero attached hydrogens (tertiary/aromatic N) is 2. The van der Waals surface area contributed by atoms with Crippen LogP contribution < -0.4 is 22.3 Å². The van der Waals surface area contributed by atoms with E-state index in [1.165, 1.54) is 11.6 Å². The number of nitrogens with two attached hydrogens (primary N) is 1. The van der Waals surface area contributed by atoms with Gasteiger partial charge in [-0.1, -0.05) is 6.92 Å². The molecule has 1 rings (SSSR count). The highest BCUT2D eigenvalue weighted by Gasteiger charge is 2.18. The highest BCUT2D eigenvalue weighted by molar-refractivity contribution is 7.90. The molecule has 1 unspecified atom stereocenters. The summed E-state index contributed by atoms with van der Waals surface area (Å²) in [7, 11) is -1.82. The van der Waals surface area contributed by atoms with Crippen LogP contribution in [0.3, 0.4) is 0 Å². The lowest BCUT2D eigenvalue weighted by Crippen LogP contribution is -2.42. The molecule has 0 saturated carbocycles. The van der Waals surface area contributed by atoms with Gasteiger partial charge >= 0.3 is 5.69 Å². The minimum absolute atomic E-state index is 0.0327. The predicted molar refractivity (Wildman–Crippen MR) is 83.4 cm³/mol. The van der Waals surface area contributed by atoms with Crippen molar-refractivity contribution in [3.8, 4) is 0 Å². The van der Waals surface area contributed by atoms with Gasteiger partial charge < -0.3 is 11.1 Å². The van der Waals surface area contributed by atoms with Crippen LogP contribution in [0.4, 0.5) is 11.5 Å². The zero-order chi connectivity index (χ0) is 16.4. The summed E-state index contributed by atoms with van der Waals surface area (Å²) in [5, 5.41) is 2.80. The maximum Gasteiger partial charge on any atom is 0.332 e. The van der Waals surface area contributed by atoms with E-state index < -0.39 is 27.1 Å². The molecule has 0 saturated heterocycles. The summed E-state index contributed by atoms with van der Waals surface area (Å²) in [4.78, 5) is 24.1. The van der Waals surface area contributed by atoms with Crippen molar-refractivity contribution in [1.82, 2.24) is 9.13 Å². The second kappa shape index (κ2) is 6.33.